The van der Waals surface area contributed by atoms with Gasteiger partial charge in [0.05, 0.1) is 18.2 Å². The van der Waals surface area contributed by atoms with Crippen molar-refractivity contribution in [1.82, 2.24) is 14.7 Å². The summed E-state index contributed by atoms with van der Waals surface area (Å²) in [5.41, 5.74) is 0.962. The van der Waals surface area contributed by atoms with E-state index in [1.807, 2.05) is 11.8 Å². The average Bonchev–Trinajstić information content (AvgIpc) is 3.44. The van der Waals surface area contributed by atoms with Crippen molar-refractivity contribution >= 4 is 11.8 Å². The fourth-order valence-electron chi connectivity index (χ4n) is 5.66. The van der Waals surface area contributed by atoms with E-state index in [-0.39, 0.29) is 53.6 Å². The van der Waals surface area contributed by atoms with Crippen molar-refractivity contribution in [3.8, 4) is 6.07 Å². The summed E-state index contributed by atoms with van der Waals surface area (Å²) < 4.78 is 13.4. The predicted octanol–water partition coefficient (Wildman–Crippen LogP) is 2.96. The average molecular weight is 427 g/mol. The lowest BCUT2D eigenvalue weighted by Gasteiger charge is -2.41. The molecule has 0 aromatic heterocycles. The first kappa shape index (κ1) is 21.8. The number of amides is 2. The zero-order valence-corrected chi connectivity index (χ0v) is 18.5. The van der Waals surface area contributed by atoms with Crippen LogP contribution in [0.5, 0.6) is 0 Å². The van der Waals surface area contributed by atoms with Crippen molar-refractivity contribution in [2.24, 2.45) is 11.8 Å². The number of halogens is 1. The maximum absolute atomic E-state index is 13.4. The zero-order valence-electron chi connectivity index (χ0n) is 18.5. The minimum Gasteiger partial charge on any atom is -0.330 e. The van der Waals surface area contributed by atoms with Crippen molar-refractivity contribution in [1.29, 1.82) is 5.26 Å². The zero-order chi connectivity index (χ0) is 22.3. The van der Waals surface area contributed by atoms with E-state index >= 15 is 0 Å². The van der Waals surface area contributed by atoms with Crippen LogP contribution in [0, 0.1) is 29.0 Å². The van der Waals surface area contributed by atoms with Crippen LogP contribution < -0.4 is 0 Å². The van der Waals surface area contributed by atoms with Gasteiger partial charge in [0.25, 0.3) is 0 Å². The first-order chi connectivity index (χ1) is 14.8. The van der Waals surface area contributed by atoms with Crippen LogP contribution in [0.3, 0.4) is 0 Å². The molecule has 3 heterocycles. The summed E-state index contributed by atoms with van der Waals surface area (Å²) in [6, 6.07) is 8.21. The largest absolute Gasteiger partial charge is 0.330 e. The van der Waals surface area contributed by atoms with Gasteiger partial charge >= 0.3 is 0 Å². The first-order valence-electron chi connectivity index (χ1n) is 11.3. The van der Waals surface area contributed by atoms with Crippen LogP contribution in [0.2, 0.25) is 0 Å². The molecule has 3 aliphatic heterocycles. The molecule has 166 valence electrons. The van der Waals surface area contributed by atoms with Crippen molar-refractivity contribution in [2.75, 3.05) is 19.6 Å². The highest BCUT2D eigenvalue weighted by Crippen LogP contribution is 2.41. The Labute approximate surface area is 183 Å². The molecule has 2 amide bonds. The second-order valence-electron chi connectivity index (χ2n) is 9.56. The molecule has 3 fully saturated rings. The molecule has 6 nitrogen and oxygen atoms in total. The third kappa shape index (κ3) is 3.94. The Bertz CT molecular complexity index is 881. The lowest BCUT2D eigenvalue weighted by Crippen LogP contribution is -2.54. The standard InChI is InChI=1S/C24H31FN4O2/c1-15(2)22(17-6-8-18(25)9-7-17)29-20-11-21(24(29)31)27(14-20)13-16(3)23(30)28-10-4-5-19(28)12-26/h6-9,15-16,19-22H,4-5,10-11,13-14H2,1-3H3/t16-,19-,20-,21-,22-/m0/s1. The summed E-state index contributed by atoms with van der Waals surface area (Å²) in [4.78, 5) is 32.1. The van der Waals surface area contributed by atoms with Crippen LogP contribution in [0.15, 0.2) is 24.3 Å². The summed E-state index contributed by atoms with van der Waals surface area (Å²) in [6.45, 7) is 8.02. The molecule has 3 saturated heterocycles. The Kier molecular flexibility index (Phi) is 6.02. The number of carbonyl (C=O) groups is 2. The first-order valence-corrected chi connectivity index (χ1v) is 11.3. The highest BCUT2D eigenvalue weighted by molar-refractivity contribution is 5.86. The second kappa shape index (κ2) is 8.58. The Balaban J connectivity index is 1.44. The Morgan fingerprint density at radius 1 is 1.26 bits per heavy atom. The highest BCUT2D eigenvalue weighted by Gasteiger charge is 2.52. The Hall–Kier alpha value is -2.46. The SMILES string of the molecule is CC(C)[C@@H](c1ccc(F)cc1)N1C(=O)[C@@H]2C[C@H]1CN2C[C@H](C)C(=O)N1CCC[C@H]1C#N. The molecule has 5 atom stereocenters. The molecule has 31 heavy (non-hydrogen) atoms. The number of hydrogen-bond donors (Lipinski definition) is 0. The van der Waals surface area contributed by atoms with Gasteiger partial charge in [0.1, 0.15) is 11.9 Å². The van der Waals surface area contributed by atoms with E-state index in [0.717, 1.165) is 31.4 Å². The number of hydrogen-bond acceptors (Lipinski definition) is 4. The van der Waals surface area contributed by atoms with Crippen molar-refractivity contribution < 1.29 is 14.0 Å². The Morgan fingerprint density at radius 2 is 1.97 bits per heavy atom. The van der Waals surface area contributed by atoms with Gasteiger partial charge in [-0.3, -0.25) is 14.5 Å². The van der Waals surface area contributed by atoms with Gasteiger partial charge in [-0.1, -0.05) is 32.9 Å². The molecule has 0 unspecified atom stereocenters. The van der Waals surface area contributed by atoms with Crippen molar-refractivity contribution in [3.63, 3.8) is 0 Å². The maximum Gasteiger partial charge on any atom is 0.240 e. The lowest BCUT2D eigenvalue weighted by atomic mass is 9.93. The molecule has 0 saturated carbocycles. The van der Waals surface area contributed by atoms with Gasteiger partial charge in [-0.25, -0.2) is 4.39 Å². The minimum absolute atomic E-state index is 0.0162. The number of piperazine rings is 1. The van der Waals surface area contributed by atoms with Gasteiger partial charge in [0.15, 0.2) is 0 Å². The van der Waals surface area contributed by atoms with E-state index in [1.54, 1.807) is 17.0 Å². The van der Waals surface area contributed by atoms with E-state index in [1.165, 1.54) is 12.1 Å². The topological polar surface area (TPSA) is 67.7 Å². The van der Waals surface area contributed by atoms with E-state index in [9.17, 15) is 19.2 Å². The molecule has 0 N–H and O–H groups in total. The summed E-state index contributed by atoms with van der Waals surface area (Å²) in [7, 11) is 0. The maximum atomic E-state index is 13.4. The van der Waals surface area contributed by atoms with Gasteiger partial charge in [-0.15, -0.1) is 0 Å². The summed E-state index contributed by atoms with van der Waals surface area (Å²) >= 11 is 0. The number of benzene rings is 1. The van der Waals surface area contributed by atoms with E-state index in [4.69, 9.17) is 0 Å². The fraction of sp³-hybridized carbons (Fsp3) is 0.625. The monoisotopic (exact) mass is 426 g/mol. The molecule has 4 rings (SSSR count). The van der Waals surface area contributed by atoms with Gasteiger partial charge in [0, 0.05) is 31.6 Å². The highest BCUT2D eigenvalue weighted by atomic mass is 19.1. The molecule has 0 aliphatic carbocycles. The number of nitriles is 1. The number of rotatable bonds is 6. The molecular weight excluding hydrogens is 395 g/mol. The third-order valence-corrected chi connectivity index (χ3v) is 7.07. The van der Waals surface area contributed by atoms with Gasteiger partial charge in [0.2, 0.25) is 11.8 Å². The van der Waals surface area contributed by atoms with Gasteiger partial charge in [-0.2, -0.15) is 5.26 Å². The smallest absolute Gasteiger partial charge is 0.240 e. The Morgan fingerprint density at radius 3 is 2.58 bits per heavy atom. The molecule has 2 bridgehead atoms. The molecule has 3 aliphatic rings. The van der Waals surface area contributed by atoms with E-state index in [2.05, 4.69) is 24.8 Å². The lowest BCUT2D eigenvalue weighted by molar-refractivity contribution is -0.143. The number of fused-ring (bicyclic) bond motifs is 2. The van der Waals surface area contributed by atoms with Crippen LogP contribution in [0.25, 0.3) is 0 Å². The van der Waals surface area contributed by atoms with Gasteiger partial charge in [-0.05, 0) is 42.9 Å². The third-order valence-electron chi connectivity index (χ3n) is 7.07. The summed E-state index contributed by atoms with van der Waals surface area (Å²) in [5.74, 6) is -0.187. The summed E-state index contributed by atoms with van der Waals surface area (Å²) in [6.07, 6.45) is 2.39. The van der Waals surface area contributed by atoms with Crippen LogP contribution >= 0.6 is 0 Å². The van der Waals surface area contributed by atoms with Gasteiger partial charge < -0.3 is 9.80 Å². The van der Waals surface area contributed by atoms with Crippen molar-refractivity contribution in [2.45, 2.75) is 64.2 Å². The number of likely N-dealkylation sites (tertiary alicyclic amines) is 3. The molecule has 7 heteroatoms. The van der Waals surface area contributed by atoms with Crippen molar-refractivity contribution in [3.05, 3.63) is 35.6 Å². The van der Waals surface area contributed by atoms with Crippen LogP contribution in [-0.4, -0.2) is 64.3 Å². The molecule has 0 radical (unpaired) electrons. The minimum atomic E-state index is -0.315. The van der Waals surface area contributed by atoms with Crippen LogP contribution in [-0.2, 0) is 9.59 Å². The summed E-state index contributed by atoms with van der Waals surface area (Å²) in [5, 5.41) is 9.28. The second-order valence-corrected chi connectivity index (χ2v) is 9.56. The number of nitrogens with zero attached hydrogens (tertiary/aromatic N) is 4. The quantitative estimate of drug-likeness (QED) is 0.701. The molecule has 0 spiro atoms. The molecule has 1 aromatic carbocycles. The van der Waals surface area contributed by atoms with E-state index in [0.29, 0.717) is 13.1 Å². The molecular formula is C24H31FN4O2. The fourth-order valence-corrected chi connectivity index (χ4v) is 5.66. The van der Waals surface area contributed by atoms with E-state index < -0.39 is 0 Å². The normalized spacial score (nSPS) is 27.7. The van der Waals surface area contributed by atoms with Crippen LogP contribution in [0.4, 0.5) is 4.39 Å². The van der Waals surface area contributed by atoms with Crippen LogP contribution in [0.1, 0.15) is 51.6 Å². The number of carbonyl (C=O) groups excluding carboxylic acids is 2. The predicted molar refractivity (Wildman–Crippen MR) is 114 cm³/mol. The molecule has 1 aromatic rings.